The summed E-state index contributed by atoms with van der Waals surface area (Å²) < 4.78 is 21.4. The molecule has 0 bridgehead atoms. The molecule has 0 saturated carbocycles. The van der Waals surface area contributed by atoms with E-state index in [1.54, 1.807) is 30.3 Å². The number of nitrogens with one attached hydrogen (secondary N) is 2. The molecule has 2 aromatic heterocycles. The number of nitrogens with zero attached hydrogens (tertiary/aromatic N) is 4. The van der Waals surface area contributed by atoms with Crippen LogP contribution in [0.4, 0.5) is 15.9 Å². The van der Waals surface area contributed by atoms with E-state index in [2.05, 4.69) is 42.1 Å². The van der Waals surface area contributed by atoms with Gasteiger partial charge in [-0.15, -0.1) is 0 Å². The number of hydrogen-bond acceptors (Lipinski definition) is 9. The highest BCUT2D eigenvalue weighted by Crippen LogP contribution is 2.36. The Morgan fingerprint density at radius 1 is 1.29 bits per heavy atom. The Morgan fingerprint density at radius 2 is 1.98 bits per heavy atom. The van der Waals surface area contributed by atoms with E-state index in [0.29, 0.717) is 63.2 Å². The van der Waals surface area contributed by atoms with Crippen LogP contribution in [-0.4, -0.2) is 47.6 Å². The van der Waals surface area contributed by atoms with E-state index in [9.17, 15) is 0 Å². The Hall–Kier alpha value is -2.57. The largest absolute Gasteiger partial charge is 0.486 e. The second-order valence-electron chi connectivity index (χ2n) is 9.13. The molecule has 0 aliphatic carbocycles. The fourth-order valence-electron chi connectivity index (χ4n) is 4.44. The van der Waals surface area contributed by atoms with Crippen molar-refractivity contribution in [1.29, 1.82) is 5.41 Å². The highest BCUT2D eigenvalue weighted by Gasteiger charge is 2.43. The van der Waals surface area contributed by atoms with Gasteiger partial charge in [0.05, 0.1) is 21.3 Å². The van der Waals surface area contributed by atoms with Crippen LogP contribution < -0.4 is 26.2 Å². The van der Waals surface area contributed by atoms with Crippen molar-refractivity contribution in [2.24, 2.45) is 16.5 Å². The van der Waals surface area contributed by atoms with Gasteiger partial charge in [0.15, 0.2) is 11.6 Å². The zero-order valence-corrected chi connectivity index (χ0v) is 26.2. The van der Waals surface area contributed by atoms with Crippen molar-refractivity contribution < 1.29 is 9.13 Å². The molecule has 1 aliphatic heterocycles. The molecule has 1 aromatic carbocycles. The van der Waals surface area contributed by atoms with E-state index >= 15 is 4.39 Å². The summed E-state index contributed by atoms with van der Waals surface area (Å²) in [7, 11) is 1.63. The third-order valence-electron chi connectivity index (χ3n) is 6.43. The third-order valence-corrected chi connectivity index (χ3v) is 8.21. The molecular formula is C27H31Cl2FIN8OP. The lowest BCUT2D eigenvalue weighted by Crippen LogP contribution is -2.69. The van der Waals surface area contributed by atoms with Gasteiger partial charge in [-0.2, -0.15) is 0 Å². The van der Waals surface area contributed by atoms with E-state index in [1.807, 2.05) is 13.0 Å². The Kier molecular flexibility index (Phi) is 11.3. The zero-order chi connectivity index (χ0) is 29.0. The highest BCUT2D eigenvalue weighted by atomic mass is 127. The Bertz CT molecular complexity index is 1470. The first-order valence-corrected chi connectivity index (χ1v) is 16.8. The summed E-state index contributed by atoms with van der Waals surface area (Å²) in [5.41, 5.74) is 14.3. The van der Waals surface area contributed by atoms with Gasteiger partial charge in [-0.3, -0.25) is 15.4 Å². The normalized spacial score (nSPS) is 15.5. The van der Waals surface area contributed by atoms with Crippen molar-refractivity contribution in [3.05, 3.63) is 87.2 Å². The standard InChI is InChI=1S/C26H27Cl2FIN8OP.CH4/c1-14(23-19(27)10-35-11-20(23)28)39-17-3-4-22(37-40-30)18(6-17)24(32)15-5-21(29)25(36-8-15)38-12-26(33,13-38)16(7-31)9-34-2;/h3-11,14,32,37,40H,12-13,31,33H2,1-2H3;1H4/b16-7+,32-24?,34-9?;/t14-;/m1./s1. The summed E-state index contributed by atoms with van der Waals surface area (Å²) in [6.07, 6.45) is 7.37. The van der Waals surface area contributed by atoms with Crippen molar-refractivity contribution in [3.8, 4) is 5.75 Å². The van der Waals surface area contributed by atoms with Gasteiger partial charge < -0.3 is 26.2 Å². The van der Waals surface area contributed by atoms with Crippen LogP contribution >= 0.6 is 51.6 Å². The van der Waals surface area contributed by atoms with Crippen molar-refractivity contribution in [1.82, 2.24) is 9.97 Å². The highest BCUT2D eigenvalue weighted by molar-refractivity contribution is 14.2. The quantitative estimate of drug-likeness (QED) is 0.106. The minimum atomic E-state index is -0.739. The van der Waals surface area contributed by atoms with E-state index < -0.39 is 17.5 Å². The maximum absolute atomic E-state index is 15.3. The first kappa shape index (κ1) is 32.9. The maximum Gasteiger partial charge on any atom is 0.166 e. The molecule has 9 nitrogen and oxygen atoms in total. The van der Waals surface area contributed by atoms with Crippen LogP contribution in [0, 0.1) is 11.2 Å². The molecule has 0 spiro atoms. The number of anilines is 2. The van der Waals surface area contributed by atoms with Gasteiger partial charge in [-0.1, -0.05) is 30.6 Å². The number of pyridine rings is 2. The first-order valence-electron chi connectivity index (χ1n) is 12.0. The lowest BCUT2D eigenvalue weighted by Gasteiger charge is -2.48. The van der Waals surface area contributed by atoms with Gasteiger partial charge in [-0.05, 0) is 53.2 Å². The van der Waals surface area contributed by atoms with E-state index in [1.165, 1.54) is 30.9 Å². The number of aromatic nitrogens is 2. The van der Waals surface area contributed by atoms with E-state index in [0.717, 1.165) is 0 Å². The average molecular weight is 731 g/mol. The van der Waals surface area contributed by atoms with E-state index in [4.69, 9.17) is 44.8 Å². The van der Waals surface area contributed by atoms with Gasteiger partial charge in [-0.25, -0.2) is 9.37 Å². The first-order chi connectivity index (χ1) is 19.1. The molecule has 3 heterocycles. The van der Waals surface area contributed by atoms with Crippen molar-refractivity contribution in [3.63, 3.8) is 0 Å². The van der Waals surface area contributed by atoms with Crippen molar-refractivity contribution >= 4 is 75.0 Å². The molecule has 218 valence electrons. The number of halogens is 4. The lowest BCUT2D eigenvalue weighted by molar-refractivity contribution is 0.227. The minimum absolute atomic E-state index is 0. The van der Waals surface area contributed by atoms with Crippen molar-refractivity contribution in [2.75, 3.05) is 30.1 Å². The molecule has 0 amide bonds. The third kappa shape index (κ3) is 7.09. The molecular weight excluding hydrogens is 700 g/mol. The number of benzene rings is 1. The van der Waals surface area contributed by atoms with Gasteiger partial charge in [0, 0.05) is 85.5 Å². The van der Waals surface area contributed by atoms with Crippen molar-refractivity contribution in [2.45, 2.75) is 26.0 Å². The monoisotopic (exact) mass is 730 g/mol. The molecule has 3 aromatic rings. The number of hydrogen-bond donors (Lipinski definition) is 4. The van der Waals surface area contributed by atoms with Crippen LogP contribution in [0.3, 0.4) is 0 Å². The van der Waals surface area contributed by atoms with Crippen LogP contribution in [0.5, 0.6) is 5.75 Å². The molecule has 1 saturated heterocycles. The number of ether oxygens (including phenoxy) is 1. The molecule has 4 rings (SSSR count). The second kappa shape index (κ2) is 14.1. The average Bonchev–Trinajstić information content (AvgIpc) is 2.90. The summed E-state index contributed by atoms with van der Waals surface area (Å²) in [5.74, 6) is 0.0920. The lowest BCUT2D eigenvalue weighted by atomic mass is 9.83. The van der Waals surface area contributed by atoms with Crippen LogP contribution in [-0.2, 0) is 0 Å². The summed E-state index contributed by atoms with van der Waals surface area (Å²) in [6, 6.07) is 6.63. The molecule has 1 fully saturated rings. The Labute approximate surface area is 263 Å². The van der Waals surface area contributed by atoms with Gasteiger partial charge in [0.25, 0.3) is 0 Å². The number of rotatable bonds is 10. The Balaban J connectivity index is 0.00000462. The minimum Gasteiger partial charge on any atom is -0.486 e. The second-order valence-corrected chi connectivity index (χ2v) is 12.0. The topological polar surface area (TPSA) is 139 Å². The summed E-state index contributed by atoms with van der Waals surface area (Å²) in [5, 5.41) is 12.9. The maximum atomic E-state index is 15.3. The fourth-order valence-corrected chi connectivity index (χ4v) is 6.30. The molecule has 1 aliphatic rings. The summed E-state index contributed by atoms with van der Waals surface area (Å²) in [4.78, 5) is 14.0. The molecule has 41 heavy (non-hydrogen) atoms. The van der Waals surface area contributed by atoms with Gasteiger partial charge in [0.1, 0.15) is 11.9 Å². The van der Waals surface area contributed by atoms with Gasteiger partial charge in [0.2, 0.25) is 0 Å². The van der Waals surface area contributed by atoms with Crippen LogP contribution in [0.15, 0.2) is 59.6 Å². The fraction of sp³-hybridized carbons (Fsp3) is 0.259. The SMILES string of the molecule is C.CN=C/C(=C\N)C1(N)CN(c2ncc(C(=N)c3cc(O[C@H](C)c4c(Cl)cncc4Cl)ccc3NPI)cc2F)C1. The van der Waals surface area contributed by atoms with Crippen LogP contribution in [0.1, 0.15) is 37.1 Å². The zero-order valence-electron chi connectivity index (χ0n) is 21.6. The molecule has 1 unspecified atom stereocenters. The number of nitrogens with two attached hydrogens (primary N) is 2. The molecule has 2 atom stereocenters. The Morgan fingerprint density at radius 3 is 2.56 bits per heavy atom. The smallest absolute Gasteiger partial charge is 0.166 e. The van der Waals surface area contributed by atoms with Crippen LogP contribution in [0.2, 0.25) is 10.0 Å². The van der Waals surface area contributed by atoms with Crippen LogP contribution in [0.25, 0.3) is 0 Å². The molecule has 14 heteroatoms. The number of aliphatic imine (C=N–C) groups is 1. The van der Waals surface area contributed by atoms with E-state index in [-0.39, 0.29) is 19.0 Å². The molecule has 6 N–H and O–H groups in total. The predicted molar refractivity (Wildman–Crippen MR) is 178 cm³/mol. The summed E-state index contributed by atoms with van der Waals surface area (Å²) >= 11 is 14.8. The predicted octanol–water partition coefficient (Wildman–Crippen LogP) is 6.53. The summed E-state index contributed by atoms with van der Waals surface area (Å²) in [6.45, 7) is 2.48. The molecule has 0 radical (unpaired) electrons. The van der Waals surface area contributed by atoms with Gasteiger partial charge >= 0.3 is 0 Å².